The van der Waals surface area contributed by atoms with Gasteiger partial charge in [-0.05, 0) is 38.6 Å². The summed E-state index contributed by atoms with van der Waals surface area (Å²) in [7, 11) is 2.14. The molecule has 0 aliphatic carbocycles. The molecule has 4 rings (SSSR count). The molecule has 1 fully saturated rings. The second kappa shape index (κ2) is 6.84. The zero-order valence-corrected chi connectivity index (χ0v) is 14.5. The third kappa shape index (κ3) is 3.24. The number of nitrogens with zero attached hydrogens (tertiary/aromatic N) is 5. The number of carbonyl (C=O) groups excluding carboxylic acids is 1. The molecule has 132 valence electrons. The van der Waals surface area contributed by atoms with Crippen LogP contribution in [0.25, 0.3) is 0 Å². The van der Waals surface area contributed by atoms with Crippen LogP contribution in [0.3, 0.4) is 0 Å². The normalized spacial score (nSPS) is 20.5. The summed E-state index contributed by atoms with van der Waals surface area (Å²) in [6.07, 6.45) is 2.33. The van der Waals surface area contributed by atoms with Gasteiger partial charge in [0.05, 0.1) is 12.6 Å². The van der Waals surface area contributed by atoms with E-state index in [1.807, 2.05) is 30.3 Å². The fraction of sp³-hybridized carbons (Fsp3) is 0.500. The summed E-state index contributed by atoms with van der Waals surface area (Å²) < 4.78 is 7.76. The summed E-state index contributed by atoms with van der Waals surface area (Å²) in [4.78, 5) is 16.6. The average molecular weight is 341 g/mol. The number of ether oxygens (including phenoxy) is 1. The van der Waals surface area contributed by atoms with Crippen molar-refractivity contribution in [1.82, 2.24) is 24.6 Å². The molecular formula is C18H23N5O2. The van der Waals surface area contributed by atoms with Crippen molar-refractivity contribution < 1.29 is 9.53 Å². The molecule has 0 radical (unpaired) electrons. The Morgan fingerprint density at radius 2 is 2.04 bits per heavy atom. The first-order chi connectivity index (χ1) is 12.2. The lowest BCUT2D eigenvalue weighted by molar-refractivity contribution is -0.134. The number of amides is 1. The van der Waals surface area contributed by atoms with Gasteiger partial charge in [0.15, 0.2) is 18.3 Å². The Kier molecular flexibility index (Phi) is 4.40. The number of rotatable bonds is 4. The number of hydrogen-bond donors (Lipinski definition) is 0. The molecule has 1 aromatic heterocycles. The van der Waals surface area contributed by atoms with E-state index in [1.54, 1.807) is 4.90 Å². The van der Waals surface area contributed by atoms with Gasteiger partial charge < -0.3 is 14.2 Å². The molecule has 0 spiro atoms. The van der Waals surface area contributed by atoms with Crippen molar-refractivity contribution >= 4 is 5.91 Å². The standard InChI is InChI=1S/C18H23N5O2/c1-21-9-5-8-15(21)18-20-19-16-12-22(10-11-23(16)18)17(24)13-25-14-6-3-2-4-7-14/h2-4,6-7,15H,5,8-13H2,1H3/t15-/m0/s1. The monoisotopic (exact) mass is 341 g/mol. The topological polar surface area (TPSA) is 63.5 Å². The molecule has 0 bridgehead atoms. The highest BCUT2D eigenvalue weighted by Crippen LogP contribution is 2.30. The van der Waals surface area contributed by atoms with E-state index in [9.17, 15) is 4.79 Å². The van der Waals surface area contributed by atoms with Crippen LogP contribution in [0.2, 0.25) is 0 Å². The van der Waals surface area contributed by atoms with Gasteiger partial charge in [0.2, 0.25) is 0 Å². The summed E-state index contributed by atoms with van der Waals surface area (Å²) in [5.74, 6) is 2.61. The fourth-order valence-electron chi connectivity index (χ4n) is 3.63. The molecule has 1 amide bonds. The molecule has 1 atom stereocenters. The quantitative estimate of drug-likeness (QED) is 0.843. The highest BCUT2D eigenvalue weighted by Gasteiger charge is 2.31. The summed E-state index contributed by atoms with van der Waals surface area (Å²) in [5, 5.41) is 8.76. The Balaban J connectivity index is 1.39. The highest BCUT2D eigenvalue weighted by molar-refractivity contribution is 5.77. The smallest absolute Gasteiger partial charge is 0.260 e. The predicted octanol–water partition coefficient (Wildman–Crippen LogP) is 1.47. The third-order valence-electron chi connectivity index (χ3n) is 5.06. The SMILES string of the molecule is CN1CCC[C@H]1c1nnc2n1CCN(C(=O)COc1ccccc1)C2. The van der Waals surface area contributed by atoms with Crippen LogP contribution in [0.4, 0.5) is 0 Å². The van der Waals surface area contributed by atoms with E-state index in [2.05, 4.69) is 26.7 Å². The van der Waals surface area contributed by atoms with Crippen LogP contribution in [0, 0.1) is 0 Å². The van der Waals surface area contributed by atoms with Crippen molar-refractivity contribution in [3.05, 3.63) is 42.0 Å². The largest absolute Gasteiger partial charge is 0.484 e. The van der Waals surface area contributed by atoms with Gasteiger partial charge in [-0.15, -0.1) is 10.2 Å². The first-order valence-electron chi connectivity index (χ1n) is 8.80. The Hall–Kier alpha value is -2.41. The minimum atomic E-state index is -0.0161. The van der Waals surface area contributed by atoms with E-state index >= 15 is 0 Å². The third-order valence-corrected chi connectivity index (χ3v) is 5.06. The summed E-state index contributed by atoms with van der Waals surface area (Å²) in [5.41, 5.74) is 0. The second-order valence-electron chi connectivity index (χ2n) is 6.68. The maximum Gasteiger partial charge on any atom is 0.260 e. The van der Waals surface area contributed by atoms with E-state index in [4.69, 9.17) is 4.74 Å². The maximum absolute atomic E-state index is 12.4. The molecule has 2 aliphatic heterocycles. The molecule has 1 aromatic carbocycles. The fourth-order valence-corrected chi connectivity index (χ4v) is 3.63. The van der Waals surface area contributed by atoms with Gasteiger partial charge in [0, 0.05) is 13.1 Å². The van der Waals surface area contributed by atoms with Gasteiger partial charge in [0.1, 0.15) is 5.75 Å². The summed E-state index contributed by atoms with van der Waals surface area (Å²) in [6.45, 7) is 3.08. The Morgan fingerprint density at radius 3 is 2.80 bits per heavy atom. The lowest BCUT2D eigenvalue weighted by atomic mass is 10.2. The van der Waals surface area contributed by atoms with Crippen LogP contribution in [0.5, 0.6) is 5.75 Å². The van der Waals surface area contributed by atoms with Gasteiger partial charge in [-0.1, -0.05) is 18.2 Å². The van der Waals surface area contributed by atoms with Crippen molar-refractivity contribution in [3.63, 3.8) is 0 Å². The molecule has 2 aliphatic rings. The molecule has 0 saturated carbocycles. The molecule has 1 saturated heterocycles. The number of likely N-dealkylation sites (tertiary alicyclic amines) is 1. The van der Waals surface area contributed by atoms with Gasteiger partial charge in [-0.3, -0.25) is 9.69 Å². The number of fused-ring (bicyclic) bond motifs is 1. The van der Waals surface area contributed by atoms with Crippen molar-refractivity contribution in [2.75, 3.05) is 26.7 Å². The highest BCUT2D eigenvalue weighted by atomic mass is 16.5. The van der Waals surface area contributed by atoms with Crippen molar-refractivity contribution in [1.29, 1.82) is 0 Å². The molecular weight excluding hydrogens is 318 g/mol. The number of aromatic nitrogens is 3. The average Bonchev–Trinajstić information content (AvgIpc) is 3.25. The van der Waals surface area contributed by atoms with Crippen LogP contribution in [0.1, 0.15) is 30.5 Å². The van der Waals surface area contributed by atoms with E-state index in [1.165, 1.54) is 6.42 Å². The van der Waals surface area contributed by atoms with Gasteiger partial charge >= 0.3 is 0 Å². The van der Waals surface area contributed by atoms with Crippen molar-refractivity contribution in [2.45, 2.75) is 32.0 Å². The van der Waals surface area contributed by atoms with Gasteiger partial charge in [0.25, 0.3) is 5.91 Å². The molecule has 0 N–H and O–H groups in total. The lowest BCUT2D eigenvalue weighted by Gasteiger charge is -2.29. The minimum Gasteiger partial charge on any atom is -0.484 e. The van der Waals surface area contributed by atoms with Crippen molar-refractivity contribution in [3.8, 4) is 5.75 Å². The van der Waals surface area contributed by atoms with Gasteiger partial charge in [-0.2, -0.15) is 0 Å². The lowest BCUT2D eigenvalue weighted by Crippen LogP contribution is -2.41. The van der Waals surface area contributed by atoms with Crippen LogP contribution >= 0.6 is 0 Å². The first-order valence-corrected chi connectivity index (χ1v) is 8.80. The number of para-hydroxylation sites is 1. The van der Waals surface area contributed by atoms with Crippen LogP contribution in [0.15, 0.2) is 30.3 Å². The van der Waals surface area contributed by atoms with Crippen LogP contribution in [-0.2, 0) is 17.9 Å². The van der Waals surface area contributed by atoms with E-state index in [0.717, 1.165) is 31.2 Å². The zero-order chi connectivity index (χ0) is 17.2. The maximum atomic E-state index is 12.4. The Bertz CT molecular complexity index is 745. The Labute approximate surface area is 147 Å². The number of benzene rings is 1. The van der Waals surface area contributed by atoms with Crippen LogP contribution in [-0.4, -0.2) is 57.2 Å². The summed E-state index contributed by atoms with van der Waals surface area (Å²) >= 11 is 0. The van der Waals surface area contributed by atoms with E-state index in [-0.39, 0.29) is 12.5 Å². The molecule has 7 heteroatoms. The van der Waals surface area contributed by atoms with Crippen LogP contribution < -0.4 is 4.74 Å². The Morgan fingerprint density at radius 1 is 1.20 bits per heavy atom. The van der Waals surface area contributed by atoms with E-state index < -0.39 is 0 Å². The molecule has 7 nitrogen and oxygen atoms in total. The summed E-state index contributed by atoms with van der Waals surface area (Å²) in [6, 6.07) is 9.76. The molecule has 2 aromatic rings. The molecule has 25 heavy (non-hydrogen) atoms. The minimum absolute atomic E-state index is 0.0161. The molecule has 0 unspecified atom stereocenters. The first kappa shape index (κ1) is 16.1. The number of hydrogen-bond acceptors (Lipinski definition) is 5. The van der Waals surface area contributed by atoms with Gasteiger partial charge in [-0.25, -0.2) is 0 Å². The predicted molar refractivity (Wildman–Crippen MR) is 92.0 cm³/mol. The number of carbonyl (C=O) groups is 1. The molecule has 3 heterocycles. The second-order valence-corrected chi connectivity index (χ2v) is 6.68. The van der Waals surface area contributed by atoms with Crippen molar-refractivity contribution in [2.24, 2.45) is 0 Å². The van der Waals surface area contributed by atoms with E-state index in [0.29, 0.717) is 24.9 Å². The zero-order valence-electron chi connectivity index (χ0n) is 14.5.